The van der Waals surface area contributed by atoms with Gasteiger partial charge in [0.05, 0.1) is 0 Å². The van der Waals surface area contributed by atoms with Crippen LogP contribution >= 0.6 is 11.6 Å². The van der Waals surface area contributed by atoms with Gasteiger partial charge in [-0.3, -0.25) is 4.79 Å². The van der Waals surface area contributed by atoms with Crippen LogP contribution in [0.25, 0.3) is 0 Å². The summed E-state index contributed by atoms with van der Waals surface area (Å²) in [4.78, 5) is 14.0. The van der Waals surface area contributed by atoms with E-state index in [1.807, 2.05) is 0 Å². The fourth-order valence-corrected chi connectivity index (χ4v) is 2.21. The van der Waals surface area contributed by atoms with Crippen molar-refractivity contribution in [2.24, 2.45) is 0 Å². The summed E-state index contributed by atoms with van der Waals surface area (Å²) in [6, 6.07) is 3.16. The lowest BCUT2D eigenvalue weighted by atomic mass is 10.1. The second kappa shape index (κ2) is 9.83. The van der Waals surface area contributed by atoms with Crippen molar-refractivity contribution in [3.05, 3.63) is 23.1 Å². The number of furan rings is 1. The van der Waals surface area contributed by atoms with E-state index in [0.717, 1.165) is 12.8 Å². The molecule has 0 unspecified atom stereocenters. The van der Waals surface area contributed by atoms with Crippen molar-refractivity contribution in [3.63, 3.8) is 0 Å². The Bertz CT molecular complexity index is 392. The zero-order chi connectivity index (χ0) is 14.8. The van der Waals surface area contributed by atoms with Gasteiger partial charge < -0.3 is 14.4 Å². The molecule has 0 saturated carbocycles. The molecule has 20 heavy (non-hydrogen) atoms. The molecule has 0 saturated heterocycles. The average molecular weight is 302 g/mol. The molecule has 0 radical (unpaired) electrons. The number of carbonyl (C=O) groups excluding carboxylic acids is 1. The third-order valence-electron chi connectivity index (χ3n) is 3.19. The Kier molecular flexibility index (Phi) is 8.38. The normalized spacial score (nSPS) is 10.8. The van der Waals surface area contributed by atoms with E-state index in [1.165, 1.54) is 19.3 Å². The number of halogens is 1. The molecule has 0 bridgehead atoms. The molecular weight excluding hydrogens is 278 g/mol. The van der Waals surface area contributed by atoms with E-state index in [9.17, 15) is 4.79 Å². The van der Waals surface area contributed by atoms with Crippen LogP contribution in [0, 0.1) is 0 Å². The van der Waals surface area contributed by atoms with Crippen LogP contribution < -0.4 is 0 Å². The summed E-state index contributed by atoms with van der Waals surface area (Å²) in [7, 11) is 0. The van der Waals surface area contributed by atoms with Gasteiger partial charge in [0.2, 0.25) is 0 Å². The first kappa shape index (κ1) is 17.1. The second-order valence-electron chi connectivity index (χ2n) is 4.89. The average Bonchev–Trinajstić information content (AvgIpc) is 2.88. The maximum absolute atomic E-state index is 12.3. The first-order chi connectivity index (χ1) is 9.69. The van der Waals surface area contributed by atoms with Gasteiger partial charge in [-0.25, -0.2) is 0 Å². The summed E-state index contributed by atoms with van der Waals surface area (Å²) in [5, 5.41) is 9.15. The highest BCUT2D eigenvalue weighted by molar-refractivity contribution is 6.29. The zero-order valence-corrected chi connectivity index (χ0v) is 12.9. The van der Waals surface area contributed by atoms with Gasteiger partial charge in [0.1, 0.15) is 0 Å². The Morgan fingerprint density at radius 1 is 1.20 bits per heavy atom. The molecule has 114 valence electrons. The first-order valence-corrected chi connectivity index (χ1v) is 7.72. The third kappa shape index (κ3) is 5.97. The van der Waals surface area contributed by atoms with Crippen LogP contribution in [0.1, 0.15) is 56.0 Å². The molecule has 1 rings (SSSR count). The first-order valence-electron chi connectivity index (χ1n) is 7.34. The van der Waals surface area contributed by atoms with Gasteiger partial charge in [-0.2, -0.15) is 0 Å². The van der Waals surface area contributed by atoms with E-state index in [4.69, 9.17) is 21.1 Å². The Morgan fingerprint density at radius 2 is 1.90 bits per heavy atom. The van der Waals surface area contributed by atoms with Gasteiger partial charge in [0.15, 0.2) is 11.0 Å². The fourth-order valence-electron chi connectivity index (χ4n) is 2.07. The molecule has 5 heteroatoms. The van der Waals surface area contributed by atoms with Crippen LogP contribution in [0.2, 0.25) is 5.22 Å². The molecular formula is C15H24ClNO3. The number of aliphatic hydroxyl groups excluding tert-OH is 1. The minimum atomic E-state index is -0.152. The topological polar surface area (TPSA) is 53.7 Å². The molecule has 1 N–H and O–H groups in total. The van der Waals surface area contributed by atoms with Gasteiger partial charge in [-0.05, 0) is 36.6 Å². The summed E-state index contributed by atoms with van der Waals surface area (Å²) in [6.07, 6.45) is 6.32. The van der Waals surface area contributed by atoms with E-state index in [0.29, 0.717) is 19.5 Å². The van der Waals surface area contributed by atoms with Crippen LogP contribution in [0.5, 0.6) is 0 Å². The molecule has 0 atom stereocenters. The van der Waals surface area contributed by atoms with Crippen LogP contribution in [-0.4, -0.2) is 35.6 Å². The Hall–Kier alpha value is -1.00. The summed E-state index contributed by atoms with van der Waals surface area (Å²) >= 11 is 5.70. The van der Waals surface area contributed by atoms with Gasteiger partial charge in [0.25, 0.3) is 5.91 Å². The smallest absolute Gasteiger partial charge is 0.289 e. The number of unbranched alkanes of at least 4 members (excludes halogenated alkanes) is 4. The minimum Gasteiger partial charge on any atom is -0.440 e. The zero-order valence-electron chi connectivity index (χ0n) is 12.1. The maximum Gasteiger partial charge on any atom is 0.289 e. The summed E-state index contributed by atoms with van der Waals surface area (Å²) in [5.74, 6) is 0.113. The van der Waals surface area contributed by atoms with Crippen LogP contribution in [0.4, 0.5) is 0 Å². The van der Waals surface area contributed by atoms with Gasteiger partial charge in [-0.1, -0.05) is 32.6 Å². The quantitative estimate of drug-likeness (QED) is 0.670. The molecule has 0 spiro atoms. The van der Waals surface area contributed by atoms with E-state index >= 15 is 0 Å². The van der Waals surface area contributed by atoms with Crippen molar-refractivity contribution in [1.82, 2.24) is 4.90 Å². The summed E-state index contributed by atoms with van der Waals surface area (Å²) in [5.41, 5.74) is 0. The molecule has 0 aliphatic heterocycles. The van der Waals surface area contributed by atoms with E-state index < -0.39 is 0 Å². The molecule has 0 aliphatic carbocycles. The van der Waals surface area contributed by atoms with E-state index in [2.05, 4.69) is 6.92 Å². The standard InChI is InChI=1S/C15H24ClNO3/c1-2-3-4-5-6-10-17(11-7-12-18)15(19)13-8-9-14(16)20-13/h8-9,18H,2-7,10-12H2,1H3. The van der Waals surface area contributed by atoms with Crippen LogP contribution in [0.3, 0.4) is 0 Å². The highest BCUT2D eigenvalue weighted by atomic mass is 35.5. The van der Waals surface area contributed by atoms with Crippen molar-refractivity contribution in [2.75, 3.05) is 19.7 Å². The fraction of sp³-hybridized carbons (Fsp3) is 0.667. The lowest BCUT2D eigenvalue weighted by Crippen LogP contribution is -2.33. The molecule has 4 nitrogen and oxygen atoms in total. The van der Waals surface area contributed by atoms with Crippen molar-refractivity contribution < 1.29 is 14.3 Å². The van der Waals surface area contributed by atoms with Crippen molar-refractivity contribution in [3.8, 4) is 0 Å². The number of carbonyl (C=O) groups is 1. The molecule has 0 fully saturated rings. The van der Waals surface area contributed by atoms with Crippen molar-refractivity contribution >= 4 is 17.5 Å². The van der Waals surface area contributed by atoms with Crippen LogP contribution in [-0.2, 0) is 0 Å². The Balaban J connectivity index is 2.47. The molecule has 0 aliphatic rings. The predicted octanol–water partition coefficient (Wildman–Crippen LogP) is 3.73. The molecule has 1 heterocycles. The molecule has 1 amide bonds. The number of nitrogens with zero attached hydrogens (tertiary/aromatic N) is 1. The highest BCUT2D eigenvalue weighted by Crippen LogP contribution is 2.16. The van der Waals surface area contributed by atoms with E-state index in [1.54, 1.807) is 17.0 Å². The van der Waals surface area contributed by atoms with E-state index in [-0.39, 0.29) is 23.5 Å². The van der Waals surface area contributed by atoms with Gasteiger partial charge in [0, 0.05) is 19.7 Å². The number of amides is 1. The monoisotopic (exact) mass is 301 g/mol. The number of hydrogen-bond acceptors (Lipinski definition) is 3. The second-order valence-corrected chi connectivity index (χ2v) is 5.26. The minimum absolute atomic E-state index is 0.0819. The lowest BCUT2D eigenvalue weighted by Gasteiger charge is -2.21. The SMILES string of the molecule is CCCCCCCN(CCCO)C(=O)c1ccc(Cl)o1. The van der Waals surface area contributed by atoms with Crippen molar-refractivity contribution in [1.29, 1.82) is 0 Å². The summed E-state index contributed by atoms with van der Waals surface area (Å²) < 4.78 is 5.16. The van der Waals surface area contributed by atoms with Gasteiger partial charge in [-0.15, -0.1) is 0 Å². The maximum atomic E-state index is 12.3. The molecule has 1 aromatic rings. The molecule has 1 aromatic heterocycles. The number of rotatable bonds is 10. The summed E-state index contributed by atoms with van der Waals surface area (Å²) in [6.45, 7) is 3.50. The Labute approximate surface area is 125 Å². The third-order valence-corrected chi connectivity index (χ3v) is 3.39. The predicted molar refractivity (Wildman–Crippen MR) is 80.1 cm³/mol. The van der Waals surface area contributed by atoms with Crippen molar-refractivity contribution in [2.45, 2.75) is 45.4 Å². The number of hydrogen-bond donors (Lipinski definition) is 1. The number of aliphatic hydroxyl groups is 1. The largest absolute Gasteiger partial charge is 0.440 e. The Morgan fingerprint density at radius 3 is 2.50 bits per heavy atom. The molecule has 0 aromatic carbocycles. The van der Waals surface area contributed by atoms with Gasteiger partial charge >= 0.3 is 0 Å². The highest BCUT2D eigenvalue weighted by Gasteiger charge is 2.18. The lowest BCUT2D eigenvalue weighted by molar-refractivity contribution is 0.0710. The van der Waals surface area contributed by atoms with Crippen LogP contribution in [0.15, 0.2) is 16.5 Å².